The van der Waals surface area contributed by atoms with Crippen LogP contribution in [0, 0.1) is 5.82 Å². The summed E-state index contributed by atoms with van der Waals surface area (Å²) in [6, 6.07) is 6.64. The zero-order valence-electron chi connectivity index (χ0n) is 9.03. The van der Waals surface area contributed by atoms with Crippen LogP contribution in [0.25, 0.3) is 0 Å². The predicted molar refractivity (Wildman–Crippen MR) is 65.1 cm³/mol. The molecule has 1 aromatic rings. The Balaban J connectivity index is 1.85. The molecule has 88 valence electrons. The van der Waals surface area contributed by atoms with Crippen molar-refractivity contribution in [2.75, 3.05) is 18.1 Å². The van der Waals surface area contributed by atoms with Crippen molar-refractivity contribution >= 4 is 11.8 Å². The molecule has 1 heterocycles. The molecule has 2 rings (SSSR count). The van der Waals surface area contributed by atoms with Gasteiger partial charge in [0.05, 0.1) is 6.10 Å². The molecule has 0 saturated carbocycles. The number of rotatable bonds is 4. The Morgan fingerprint density at radius 1 is 1.56 bits per heavy atom. The van der Waals surface area contributed by atoms with E-state index in [0.29, 0.717) is 18.2 Å². The summed E-state index contributed by atoms with van der Waals surface area (Å²) in [5.41, 5.74) is 0.637. The Hall–Kier alpha value is -0.580. The van der Waals surface area contributed by atoms with Gasteiger partial charge in [-0.15, -0.1) is 0 Å². The molecule has 16 heavy (non-hydrogen) atoms. The summed E-state index contributed by atoms with van der Waals surface area (Å²) >= 11 is 1.93. The molecule has 1 aromatic carbocycles. The van der Waals surface area contributed by atoms with Crippen molar-refractivity contribution in [1.29, 1.82) is 0 Å². The van der Waals surface area contributed by atoms with E-state index in [1.54, 1.807) is 12.1 Å². The lowest BCUT2D eigenvalue weighted by Gasteiger charge is -2.16. The number of aliphatic hydroxyl groups is 1. The van der Waals surface area contributed by atoms with E-state index in [4.69, 9.17) is 0 Å². The van der Waals surface area contributed by atoms with E-state index in [9.17, 15) is 9.50 Å². The van der Waals surface area contributed by atoms with Gasteiger partial charge in [0.2, 0.25) is 0 Å². The van der Waals surface area contributed by atoms with Crippen LogP contribution < -0.4 is 5.32 Å². The number of aliphatic hydroxyl groups excluding tert-OH is 1. The van der Waals surface area contributed by atoms with Gasteiger partial charge in [-0.05, 0) is 29.9 Å². The van der Waals surface area contributed by atoms with E-state index in [2.05, 4.69) is 5.32 Å². The van der Waals surface area contributed by atoms with Crippen molar-refractivity contribution in [3.63, 3.8) is 0 Å². The molecule has 0 amide bonds. The lowest BCUT2D eigenvalue weighted by atomic mass is 10.1. The Bertz CT molecular complexity index is 342. The second-order valence-corrected chi connectivity index (χ2v) is 5.19. The lowest BCUT2D eigenvalue weighted by molar-refractivity contribution is 0.170. The molecule has 2 nitrogen and oxygen atoms in total. The monoisotopic (exact) mass is 241 g/mol. The molecule has 0 aliphatic carbocycles. The second kappa shape index (κ2) is 5.66. The quantitative estimate of drug-likeness (QED) is 0.845. The number of hydrogen-bond acceptors (Lipinski definition) is 3. The Labute approximate surface area is 99.2 Å². The van der Waals surface area contributed by atoms with E-state index in [-0.39, 0.29) is 5.82 Å². The van der Waals surface area contributed by atoms with Gasteiger partial charge in [0.1, 0.15) is 5.82 Å². The zero-order chi connectivity index (χ0) is 11.4. The van der Waals surface area contributed by atoms with Crippen LogP contribution in [-0.4, -0.2) is 29.2 Å². The third-order valence-electron chi connectivity index (χ3n) is 2.76. The highest BCUT2D eigenvalue weighted by molar-refractivity contribution is 7.99. The highest BCUT2D eigenvalue weighted by atomic mass is 32.2. The summed E-state index contributed by atoms with van der Waals surface area (Å²) in [7, 11) is 0. The van der Waals surface area contributed by atoms with Gasteiger partial charge in [-0.25, -0.2) is 4.39 Å². The summed E-state index contributed by atoms with van der Waals surface area (Å²) < 4.78 is 12.9. The van der Waals surface area contributed by atoms with E-state index in [0.717, 1.165) is 12.2 Å². The Morgan fingerprint density at radius 3 is 3.12 bits per heavy atom. The zero-order valence-corrected chi connectivity index (χ0v) is 9.84. The van der Waals surface area contributed by atoms with Crippen molar-refractivity contribution in [3.8, 4) is 0 Å². The average Bonchev–Trinajstić information content (AvgIpc) is 2.78. The van der Waals surface area contributed by atoms with E-state index >= 15 is 0 Å². The molecular formula is C12H16FNOS. The van der Waals surface area contributed by atoms with Crippen molar-refractivity contribution < 1.29 is 9.50 Å². The minimum absolute atomic E-state index is 0.298. The summed E-state index contributed by atoms with van der Waals surface area (Å²) in [6.07, 6.45) is 0.530. The van der Waals surface area contributed by atoms with Gasteiger partial charge in [-0.3, -0.25) is 0 Å². The van der Waals surface area contributed by atoms with Crippen molar-refractivity contribution in [3.05, 3.63) is 35.6 Å². The van der Waals surface area contributed by atoms with Crippen LogP contribution in [0.3, 0.4) is 0 Å². The maximum atomic E-state index is 12.9. The van der Waals surface area contributed by atoms with E-state index < -0.39 is 6.10 Å². The van der Waals surface area contributed by atoms with Gasteiger partial charge < -0.3 is 10.4 Å². The molecule has 0 bridgehead atoms. The largest absolute Gasteiger partial charge is 0.387 e. The van der Waals surface area contributed by atoms with Crippen LogP contribution in [0.15, 0.2) is 24.3 Å². The van der Waals surface area contributed by atoms with Crippen LogP contribution in [0.1, 0.15) is 18.1 Å². The molecule has 2 atom stereocenters. The second-order valence-electron chi connectivity index (χ2n) is 4.04. The molecule has 1 saturated heterocycles. The van der Waals surface area contributed by atoms with Crippen LogP contribution in [0.4, 0.5) is 4.39 Å². The Morgan fingerprint density at radius 2 is 2.44 bits per heavy atom. The Kier molecular flexibility index (Phi) is 4.21. The van der Waals surface area contributed by atoms with Gasteiger partial charge in [0.15, 0.2) is 0 Å². The van der Waals surface area contributed by atoms with Gasteiger partial charge in [0, 0.05) is 18.3 Å². The van der Waals surface area contributed by atoms with Crippen LogP contribution in [0.5, 0.6) is 0 Å². The fourth-order valence-corrected chi connectivity index (χ4v) is 2.99. The maximum absolute atomic E-state index is 12.9. The first kappa shape index (κ1) is 11.9. The van der Waals surface area contributed by atoms with Crippen molar-refractivity contribution in [2.24, 2.45) is 0 Å². The molecule has 1 aliphatic rings. The van der Waals surface area contributed by atoms with E-state index in [1.807, 2.05) is 11.8 Å². The molecule has 0 spiro atoms. The fraction of sp³-hybridized carbons (Fsp3) is 0.500. The van der Waals surface area contributed by atoms with E-state index in [1.165, 1.54) is 17.9 Å². The minimum atomic E-state index is -0.624. The normalized spacial score (nSPS) is 22.2. The highest BCUT2D eigenvalue weighted by Crippen LogP contribution is 2.18. The first-order valence-corrected chi connectivity index (χ1v) is 6.66. The molecule has 1 aliphatic heterocycles. The van der Waals surface area contributed by atoms with Crippen molar-refractivity contribution in [2.45, 2.75) is 18.6 Å². The SMILES string of the molecule is OC(CNC1CCSC1)c1cccc(F)c1. The van der Waals surface area contributed by atoms with Crippen molar-refractivity contribution in [1.82, 2.24) is 5.32 Å². The number of halogens is 1. The average molecular weight is 241 g/mol. The number of nitrogens with one attached hydrogen (secondary N) is 1. The predicted octanol–water partition coefficient (Wildman–Crippen LogP) is 1.95. The summed E-state index contributed by atoms with van der Waals surface area (Å²) in [5, 5.41) is 13.2. The fourth-order valence-electron chi connectivity index (χ4n) is 1.81. The number of thioether (sulfide) groups is 1. The molecule has 0 aromatic heterocycles. The van der Waals surface area contributed by atoms with Crippen LogP contribution in [0.2, 0.25) is 0 Å². The number of hydrogen-bond donors (Lipinski definition) is 2. The summed E-state index contributed by atoms with van der Waals surface area (Å²) in [4.78, 5) is 0. The summed E-state index contributed by atoms with van der Waals surface area (Å²) in [5.74, 6) is 2.00. The van der Waals surface area contributed by atoms with Gasteiger partial charge in [-0.1, -0.05) is 12.1 Å². The maximum Gasteiger partial charge on any atom is 0.123 e. The van der Waals surface area contributed by atoms with Gasteiger partial charge in [0.25, 0.3) is 0 Å². The molecule has 4 heteroatoms. The summed E-state index contributed by atoms with van der Waals surface area (Å²) in [6.45, 7) is 0.495. The topological polar surface area (TPSA) is 32.3 Å². The smallest absolute Gasteiger partial charge is 0.123 e. The molecule has 0 radical (unpaired) electrons. The standard InChI is InChI=1S/C12H16FNOS/c13-10-3-1-2-9(6-10)12(15)7-14-11-4-5-16-8-11/h1-3,6,11-12,14-15H,4-5,7-8H2. The molecule has 2 N–H and O–H groups in total. The number of benzene rings is 1. The third kappa shape index (κ3) is 3.20. The first-order chi connectivity index (χ1) is 7.75. The minimum Gasteiger partial charge on any atom is -0.387 e. The highest BCUT2D eigenvalue weighted by Gasteiger charge is 2.16. The van der Waals surface area contributed by atoms with Gasteiger partial charge >= 0.3 is 0 Å². The van der Waals surface area contributed by atoms with Crippen LogP contribution >= 0.6 is 11.8 Å². The molecule has 2 unspecified atom stereocenters. The van der Waals surface area contributed by atoms with Crippen LogP contribution in [-0.2, 0) is 0 Å². The lowest BCUT2D eigenvalue weighted by Crippen LogP contribution is -2.32. The first-order valence-electron chi connectivity index (χ1n) is 5.50. The third-order valence-corrected chi connectivity index (χ3v) is 3.93. The molecular weight excluding hydrogens is 225 g/mol. The molecule has 1 fully saturated rings. The van der Waals surface area contributed by atoms with Gasteiger partial charge in [-0.2, -0.15) is 11.8 Å².